The van der Waals surface area contributed by atoms with Gasteiger partial charge in [-0.2, -0.15) is 0 Å². The lowest BCUT2D eigenvalue weighted by Crippen LogP contribution is -2.34. The summed E-state index contributed by atoms with van der Waals surface area (Å²) in [7, 11) is 1.37. The first kappa shape index (κ1) is 23.2. The molecule has 166 valence electrons. The minimum atomic E-state index is -0.385. The van der Waals surface area contributed by atoms with Gasteiger partial charge in [-0.3, -0.25) is 10.1 Å². The molecule has 1 aromatic heterocycles. The van der Waals surface area contributed by atoms with Crippen molar-refractivity contribution < 1.29 is 19.1 Å². The second-order valence-electron chi connectivity index (χ2n) is 7.87. The molecular weight excluding hydrogens is 432 g/mol. The Bertz CT molecular complexity index is 951. The minimum absolute atomic E-state index is 0.144. The molecule has 2 aromatic rings. The zero-order chi connectivity index (χ0) is 22.4. The molecule has 6 nitrogen and oxygen atoms in total. The van der Waals surface area contributed by atoms with E-state index >= 15 is 0 Å². The molecule has 1 aliphatic rings. The Morgan fingerprint density at radius 3 is 2.55 bits per heavy atom. The molecule has 2 N–H and O–H groups in total. The molecule has 0 aliphatic heterocycles. The summed E-state index contributed by atoms with van der Waals surface area (Å²) in [4.78, 5) is 26.1. The Hall–Kier alpha value is -2.45. The Morgan fingerprint density at radius 1 is 1.16 bits per heavy atom. The Labute approximate surface area is 192 Å². The zero-order valence-electron chi connectivity index (χ0n) is 18.1. The fraction of sp³-hybridized carbons (Fsp3) is 0.435. The number of hydrogen-bond acceptors (Lipinski definition) is 6. The SMILES string of the molecule is COC(=O)c1c(NC(=S)NC(=O)c2ccc(OCCC(C)C)cc2)sc2c1CCCC2. The Kier molecular flexibility index (Phi) is 8.03. The second kappa shape index (κ2) is 10.7. The van der Waals surface area contributed by atoms with Crippen LogP contribution in [0.5, 0.6) is 5.75 Å². The van der Waals surface area contributed by atoms with Crippen molar-refractivity contribution in [3.8, 4) is 5.75 Å². The van der Waals surface area contributed by atoms with E-state index in [0.29, 0.717) is 28.7 Å². The van der Waals surface area contributed by atoms with Crippen molar-refractivity contribution in [1.82, 2.24) is 5.32 Å². The van der Waals surface area contributed by atoms with Gasteiger partial charge in [0.1, 0.15) is 10.8 Å². The van der Waals surface area contributed by atoms with E-state index in [1.165, 1.54) is 23.3 Å². The number of rotatable bonds is 7. The number of fused-ring (bicyclic) bond motifs is 1. The van der Waals surface area contributed by atoms with Crippen LogP contribution in [0.1, 0.15) is 64.3 Å². The maximum Gasteiger partial charge on any atom is 0.341 e. The Balaban J connectivity index is 1.62. The molecule has 0 spiro atoms. The van der Waals surface area contributed by atoms with Crippen LogP contribution in [-0.4, -0.2) is 30.7 Å². The molecule has 1 aromatic carbocycles. The average molecular weight is 461 g/mol. The smallest absolute Gasteiger partial charge is 0.341 e. The summed E-state index contributed by atoms with van der Waals surface area (Å²) in [6.07, 6.45) is 4.92. The van der Waals surface area contributed by atoms with Gasteiger partial charge in [0.2, 0.25) is 0 Å². The summed E-state index contributed by atoms with van der Waals surface area (Å²) in [5.41, 5.74) is 2.04. The standard InChI is InChI=1S/C23H28N2O4S2/c1-14(2)12-13-29-16-10-8-15(9-11-16)20(26)24-23(30)25-21-19(22(27)28-3)17-6-4-5-7-18(17)31-21/h8-11,14H,4-7,12-13H2,1-3H3,(H2,24,25,26,30). The van der Waals surface area contributed by atoms with Crippen molar-refractivity contribution in [2.24, 2.45) is 5.92 Å². The average Bonchev–Trinajstić information content (AvgIpc) is 3.10. The molecule has 1 amide bonds. The first-order chi connectivity index (χ1) is 14.9. The number of thiocarbonyl (C=S) groups is 1. The highest BCUT2D eigenvalue weighted by atomic mass is 32.1. The highest BCUT2D eigenvalue weighted by molar-refractivity contribution is 7.80. The molecule has 0 saturated carbocycles. The predicted octanol–water partition coefficient (Wildman–Crippen LogP) is 4.97. The third kappa shape index (κ3) is 6.04. The van der Waals surface area contributed by atoms with Gasteiger partial charge in [0.05, 0.1) is 19.3 Å². The van der Waals surface area contributed by atoms with Crippen LogP contribution in [0.4, 0.5) is 5.00 Å². The predicted molar refractivity (Wildman–Crippen MR) is 127 cm³/mol. The van der Waals surface area contributed by atoms with E-state index in [0.717, 1.165) is 43.4 Å². The van der Waals surface area contributed by atoms with Crippen LogP contribution in [0.3, 0.4) is 0 Å². The molecule has 0 bridgehead atoms. The van der Waals surface area contributed by atoms with Gasteiger partial charge in [-0.25, -0.2) is 4.79 Å². The molecular formula is C23H28N2O4S2. The lowest BCUT2D eigenvalue weighted by Gasteiger charge is -2.12. The topological polar surface area (TPSA) is 76.7 Å². The van der Waals surface area contributed by atoms with E-state index in [2.05, 4.69) is 24.5 Å². The summed E-state index contributed by atoms with van der Waals surface area (Å²) >= 11 is 6.83. The van der Waals surface area contributed by atoms with E-state index in [9.17, 15) is 9.59 Å². The number of carbonyl (C=O) groups excluding carboxylic acids is 2. The van der Waals surface area contributed by atoms with Crippen LogP contribution >= 0.6 is 23.6 Å². The molecule has 3 rings (SSSR count). The monoisotopic (exact) mass is 460 g/mol. The van der Waals surface area contributed by atoms with Crippen LogP contribution in [-0.2, 0) is 17.6 Å². The zero-order valence-corrected chi connectivity index (χ0v) is 19.7. The number of anilines is 1. The first-order valence-electron chi connectivity index (χ1n) is 10.5. The van der Waals surface area contributed by atoms with Gasteiger partial charge in [-0.15, -0.1) is 11.3 Å². The van der Waals surface area contributed by atoms with E-state index in [1.807, 2.05) is 0 Å². The third-order valence-electron chi connectivity index (χ3n) is 5.10. The summed E-state index contributed by atoms with van der Waals surface area (Å²) in [6.45, 7) is 4.94. The summed E-state index contributed by atoms with van der Waals surface area (Å²) in [5.74, 6) is 0.591. The first-order valence-corrected chi connectivity index (χ1v) is 11.7. The molecule has 1 heterocycles. The van der Waals surface area contributed by atoms with Gasteiger partial charge in [0, 0.05) is 10.4 Å². The van der Waals surface area contributed by atoms with Crippen LogP contribution in [0.15, 0.2) is 24.3 Å². The molecule has 0 atom stereocenters. The maximum atomic E-state index is 12.6. The van der Waals surface area contributed by atoms with E-state index in [4.69, 9.17) is 21.7 Å². The molecule has 1 aliphatic carbocycles. The Morgan fingerprint density at radius 2 is 1.87 bits per heavy atom. The molecule has 8 heteroatoms. The van der Waals surface area contributed by atoms with Crippen molar-refractivity contribution in [1.29, 1.82) is 0 Å². The third-order valence-corrected chi connectivity index (χ3v) is 6.51. The van der Waals surface area contributed by atoms with E-state index < -0.39 is 0 Å². The van der Waals surface area contributed by atoms with Gasteiger partial charge in [-0.05, 0) is 80.1 Å². The number of benzene rings is 1. The number of hydrogen-bond donors (Lipinski definition) is 2. The maximum absolute atomic E-state index is 12.6. The van der Waals surface area contributed by atoms with Crippen molar-refractivity contribution in [2.75, 3.05) is 19.0 Å². The van der Waals surface area contributed by atoms with Gasteiger partial charge in [-0.1, -0.05) is 13.8 Å². The van der Waals surface area contributed by atoms with E-state index in [-0.39, 0.29) is 17.0 Å². The highest BCUT2D eigenvalue weighted by Gasteiger charge is 2.26. The lowest BCUT2D eigenvalue weighted by molar-refractivity contribution is 0.0601. The van der Waals surface area contributed by atoms with Crippen LogP contribution in [0.25, 0.3) is 0 Å². The normalized spacial score (nSPS) is 12.8. The van der Waals surface area contributed by atoms with Gasteiger partial charge in [0.15, 0.2) is 5.11 Å². The lowest BCUT2D eigenvalue weighted by atomic mass is 9.95. The largest absolute Gasteiger partial charge is 0.494 e. The summed E-state index contributed by atoms with van der Waals surface area (Å²) in [6, 6.07) is 6.95. The number of amides is 1. The minimum Gasteiger partial charge on any atom is -0.494 e. The van der Waals surface area contributed by atoms with Crippen LogP contribution in [0, 0.1) is 5.92 Å². The molecule has 0 unspecified atom stereocenters. The van der Waals surface area contributed by atoms with Crippen molar-refractivity contribution in [3.05, 3.63) is 45.8 Å². The number of esters is 1. The quantitative estimate of drug-likeness (QED) is 0.449. The fourth-order valence-corrected chi connectivity index (χ4v) is 4.94. The summed E-state index contributed by atoms with van der Waals surface area (Å²) < 4.78 is 10.7. The van der Waals surface area contributed by atoms with E-state index in [1.54, 1.807) is 24.3 Å². The number of ether oxygens (including phenoxy) is 2. The highest BCUT2D eigenvalue weighted by Crippen LogP contribution is 2.38. The van der Waals surface area contributed by atoms with Gasteiger partial charge in [0.25, 0.3) is 5.91 Å². The van der Waals surface area contributed by atoms with Gasteiger partial charge >= 0.3 is 5.97 Å². The molecule has 0 radical (unpaired) electrons. The number of carbonyl (C=O) groups is 2. The van der Waals surface area contributed by atoms with Crippen molar-refractivity contribution in [2.45, 2.75) is 46.0 Å². The number of nitrogens with one attached hydrogen (secondary N) is 2. The fourth-order valence-electron chi connectivity index (χ4n) is 3.40. The number of methoxy groups -OCH3 is 1. The molecule has 0 saturated heterocycles. The van der Waals surface area contributed by atoms with Crippen molar-refractivity contribution >= 4 is 45.5 Å². The van der Waals surface area contributed by atoms with Crippen molar-refractivity contribution in [3.63, 3.8) is 0 Å². The number of aryl methyl sites for hydroxylation is 1. The van der Waals surface area contributed by atoms with Crippen LogP contribution < -0.4 is 15.4 Å². The molecule has 0 fully saturated rings. The second-order valence-corrected chi connectivity index (χ2v) is 9.38. The summed E-state index contributed by atoms with van der Waals surface area (Å²) in [5, 5.41) is 6.48. The molecule has 31 heavy (non-hydrogen) atoms. The van der Waals surface area contributed by atoms with Gasteiger partial charge < -0.3 is 14.8 Å². The number of thiophene rings is 1. The van der Waals surface area contributed by atoms with Crippen LogP contribution in [0.2, 0.25) is 0 Å².